The summed E-state index contributed by atoms with van der Waals surface area (Å²) in [5.41, 5.74) is 2.54. The number of benzene rings is 2. The van der Waals surface area contributed by atoms with Crippen LogP contribution in [-0.4, -0.2) is 39.6 Å². The Balaban J connectivity index is 1.44. The summed E-state index contributed by atoms with van der Waals surface area (Å²) in [5, 5.41) is 2.14. The number of ether oxygens (including phenoxy) is 1. The number of esters is 1. The molecule has 0 fully saturated rings. The Morgan fingerprint density at radius 3 is 2.48 bits per heavy atom. The van der Waals surface area contributed by atoms with E-state index in [0.29, 0.717) is 16.5 Å². The van der Waals surface area contributed by atoms with Gasteiger partial charge in [-0.2, -0.15) is 0 Å². The SMILES string of the molecule is CC(=O)N(c1ccccc1)c1nc(COC(=O)[C@@H](C)N2C(=O)c3ccc(C)cc3C2=O)cs1. The van der Waals surface area contributed by atoms with E-state index in [-0.39, 0.29) is 23.6 Å². The highest BCUT2D eigenvalue weighted by Gasteiger charge is 2.41. The lowest BCUT2D eigenvalue weighted by Crippen LogP contribution is -2.43. The molecule has 1 atom stereocenters. The average molecular weight is 464 g/mol. The number of anilines is 2. The highest BCUT2D eigenvalue weighted by Crippen LogP contribution is 2.29. The molecule has 0 saturated carbocycles. The fourth-order valence-corrected chi connectivity index (χ4v) is 4.44. The van der Waals surface area contributed by atoms with Crippen LogP contribution in [0.5, 0.6) is 0 Å². The van der Waals surface area contributed by atoms with Gasteiger partial charge >= 0.3 is 5.97 Å². The molecule has 0 spiro atoms. The molecule has 1 aliphatic rings. The molecule has 3 amide bonds. The maximum Gasteiger partial charge on any atom is 0.329 e. The molecule has 1 aromatic heterocycles. The molecule has 0 aliphatic carbocycles. The van der Waals surface area contributed by atoms with Crippen LogP contribution < -0.4 is 4.90 Å². The second kappa shape index (κ2) is 8.95. The lowest BCUT2D eigenvalue weighted by molar-refractivity contribution is -0.149. The molecular weight excluding hydrogens is 442 g/mol. The molecule has 0 bridgehead atoms. The molecule has 0 radical (unpaired) electrons. The molecule has 33 heavy (non-hydrogen) atoms. The molecule has 9 heteroatoms. The first-order valence-electron chi connectivity index (χ1n) is 10.2. The molecule has 0 N–H and O–H groups in total. The summed E-state index contributed by atoms with van der Waals surface area (Å²) in [7, 11) is 0. The number of imide groups is 1. The van der Waals surface area contributed by atoms with E-state index in [2.05, 4.69) is 4.98 Å². The number of amides is 3. The summed E-state index contributed by atoms with van der Waals surface area (Å²) in [6.07, 6.45) is 0. The van der Waals surface area contributed by atoms with Crippen LogP contribution in [0.4, 0.5) is 10.8 Å². The van der Waals surface area contributed by atoms with Crippen LogP contribution in [0.15, 0.2) is 53.9 Å². The van der Waals surface area contributed by atoms with E-state index in [1.807, 2.05) is 25.1 Å². The number of carbonyl (C=O) groups excluding carboxylic acids is 4. The smallest absolute Gasteiger partial charge is 0.329 e. The first kappa shape index (κ1) is 22.3. The van der Waals surface area contributed by atoms with Crippen molar-refractivity contribution < 1.29 is 23.9 Å². The van der Waals surface area contributed by atoms with Crippen LogP contribution in [0.3, 0.4) is 0 Å². The van der Waals surface area contributed by atoms with Crippen molar-refractivity contribution in [3.05, 3.63) is 76.3 Å². The van der Waals surface area contributed by atoms with Crippen molar-refractivity contribution in [1.29, 1.82) is 0 Å². The van der Waals surface area contributed by atoms with E-state index in [9.17, 15) is 19.2 Å². The zero-order valence-corrected chi connectivity index (χ0v) is 19.1. The molecule has 4 rings (SSSR count). The Hall–Kier alpha value is -3.85. The zero-order valence-electron chi connectivity index (χ0n) is 18.3. The minimum atomic E-state index is -1.09. The van der Waals surface area contributed by atoms with Crippen LogP contribution in [0.2, 0.25) is 0 Å². The molecule has 1 aliphatic heterocycles. The number of hydrogen-bond donors (Lipinski definition) is 0. The molecule has 2 aromatic carbocycles. The Bertz CT molecular complexity index is 1250. The second-order valence-electron chi connectivity index (χ2n) is 7.62. The van der Waals surface area contributed by atoms with Crippen LogP contribution in [0, 0.1) is 6.92 Å². The van der Waals surface area contributed by atoms with Gasteiger partial charge in [0.25, 0.3) is 11.8 Å². The summed E-state index contributed by atoms with van der Waals surface area (Å²) in [6, 6.07) is 13.0. The minimum absolute atomic E-state index is 0.150. The van der Waals surface area contributed by atoms with Gasteiger partial charge in [0.15, 0.2) is 5.13 Å². The number of para-hydroxylation sites is 1. The van der Waals surface area contributed by atoms with Crippen molar-refractivity contribution >= 4 is 45.8 Å². The van der Waals surface area contributed by atoms with Crippen LogP contribution >= 0.6 is 11.3 Å². The van der Waals surface area contributed by atoms with Crippen LogP contribution in [0.25, 0.3) is 0 Å². The van der Waals surface area contributed by atoms with Crippen molar-refractivity contribution in [3.63, 3.8) is 0 Å². The first-order chi connectivity index (χ1) is 15.8. The normalized spacial score (nSPS) is 13.6. The summed E-state index contributed by atoms with van der Waals surface area (Å²) >= 11 is 1.24. The third-order valence-corrected chi connectivity index (χ3v) is 6.10. The molecule has 0 saturated heterocycles. The van der Waals surface area contributed by atoms with Gasteiger partial charge in [-0.3, -0.25) is 24.2 Å². The monoisotopic (exact) mass is 463 g/mol. The van der Waals surface area contributed by atoms with Gasteiger partial charge in [-0.1, -0.05) is 29.8 Å². The maximum absolute atomic E-state index is 12.7. The molecule has 3 aromatic rings. The lowest BCUT2D eigenvalue weighted by atomic mass is 10.1. The number of fused-ring (bicyclic) bond motifs is 1. The fraction of sp³-hybridized carbons (Fsp3) is 0.208. The van der Waals surface area contributed by atoms with E-state index in [1.54, 1.807) is 35.7 Å². The van der Waals surface area contributed by atoms with Crippen molar-refractivity contribution in [2.75, 3.05) is 4.90 Å². The summed E-state index contributed by atoms with van der Waals surface area (Å²) in [6.45, 7) is 4.57. The number of rotatable bonds is 6. The van der Waals surface area contributed by atoms with E-state index in [4.69, 9.17) is 4.74 Å². The maximum atomic E-state index is 12.7. The summed E-state index contributed by atoms with van der Waals surface area (Å²) < 4.78 is 5.34. The minimum Gasteiger partial charge on any atom is -0.458 e. The fourth-order valence-electron chi connectivity index (χ4n) is 3.57. The predicted octanol–water partition coefficient (Wildman–Crippen LogP) is 3.86. The quantitative estimate of drug-likeness (QED) is 0.407. The standard InChI is InChI=1S/C24H21N3O5S/c1-14-9-10-19-20(11-14)22(30)26(21(19)29)15(2)23(31)32-12-17-13-33-24(25-17)27(16(3)28)18-7-5-4-6-8-18/h4-11,13,15H,12H2,1-3H3/t15-/m1/s1. The van der Waals surface area contributed by atoms with Crippen LogP contribution in [0.1, 0.15) is 45.8 Å². The highest BCUT2D eigenvalue weighted by molar-refractivity contribution is 7.14. The number of thiazole rings is 1. The van der Waals surface area contributed by atoms with E-state index in [0.717, 1.165) is 10.5 Å². The van der Waals surface area contributed by atoms with Gasteiger partial charge in [0.05, 0.1) is 22.5 Å². The van der Waals surface area contributed by atoms with E-state index >= 15 is 0 Å². The number of hydrogen-bond acceptors (Lipinski definition) is 7. The zero-order chi connectivity index (χ0) is 23.7. The topological polar surface area (TPSA) is 96.9 Å². The van der Waals surface area contributed by atoms with E-state index < -0.39 is 23.8 Å². The van der Waals surface area contributed by atoms with Crippen molar-refractivity contribution in [1.82, 2.24) is 9.88 Å². The van der Waals surface area contributed by atoms with Gasteiger partial charge in [-0.05, 0) is 38.1 Å². The van der Waals surface area contributed by atoms with Gasteiger partial charge < -0.3 is 4.74 Å². The molecule has 0 unspecified atom stereocenters. The first-order valence-corrected chi connectivity index (χ1v) is 11.1. The Labute approximate surface area is 194 Å². The molecular formula is C24H21N3O5S. The number of aryl methyl sites for hydroxylation is 1. The third-order valence-electron chi connectivity index (χ3n) is 5.22. The number of carbonyl (C=O) groups is 4. The molecule has 8 nitrogen and oxygen atoms in total. The van der Waals surface area contributed by atoms with Gasteiger partial charge in [-0.15, -0.1) is 11.3 Å². The van der Waals surface area contributed by atoms with Gasteiger partial charge in [0.2, 0.25) is 5.91 Å². The predicted molar refractivity (Wildman–Crippen MR) is 122 cm³/mol. The van der Waals surface area contributed by atoms with Gasteiger partial charge in [0.1, 0.15) is 12.6 Å². The van der Waals surface area contributed by atoms with Gasteiger partial charge in [-0.25, -0.2) is 9.78 Å². The summed E-state index contributed by atoms with van der Waals surface area (Å²) in [4.78, 5) is 57.0. The highest BCUT2D eigenvalue weighted by atomic mass is 32.1. The second-order valence-corrected chi connectivity index (χ2v) is 8.46. The molecule has 2 heterocycles. The van der Waals surface area contributed by atoms with Crippen molar-refractivity contribution in [3.8, 4) is 0 Å². The number of aromatic nitrogens is 1. The summed E-state index contributed by atoms with van der Waals surface area (Å²) in [5.74, 6) is -1.95. The Morgan fingerprint density at radius 1 is 1.09 bits per heavy atom. The molecule has 168 valence electrons. The van der Waals surface area contributed by atoms with Crippen LogP contribution in [-0.2, 0) is 20.9 Å². The van der Waals surface area contributed by atoms with E-state index in [1.165, 1.54) is 30.1 Å². The lowest BCUT2D eigenvalue weighted by Gasteiger charge is -2.20. The third kappa shape index (κ3) is 4.27. The largest absolute Gasteiger partial charge is 0.458 e. The average Bonchev–Trinajstić information content (AvgIpc) is 3.34. The van der Waals surface area contributed by atoms with Crippen molar-refractivity contribution in [2.45, 2.75) is 33.4 Å². The van der Waals surface area contributed by atoms with Crippen molar-refractivity contribution in [2.24, 2.45) is 0 Å². The van der Waals surface area contributed by atoms with Gasteiger partial charge in [0, 0.05) is 12.3 Å². The Kier molecular flexibility index (Phi) is 6.06. The Morgan fingerprint density at radius 2 is 1.79 bits per heavy atom. The number of nitrogens with zero attached hydrogens (tertiary/aromatic N) is 3.